The molecule has 8 heteroatoms. The zero-order valence-corrected chi connectivity index (χ0v) is 15.8. The van der Waals surface area contributed by atoms with Gasteiger partial charge in [-0.2, -0.15) is 4.68 Å². The van der Waals surface area contributed by atoms with Gasteiger partial charge in [-0.1, -0.05) is 29.5 Å². The molecule has 1 aromatic carbocycles. The molecule has 2 atom stereocenters. The van der Waals surface area contributed by atoms with Gasteiger partial charge in [-0.25, -0.2) is 0 Å². The van der Waals surface area contributed by atoms with Gasteiger partial charge in [0.1, 0.15) is 0 Å². The van der Waals surface area contributed by atoms with E-state index in [0.717, 1.165) is 11.3 Å². The van der Waals surface area contributed by atoms with E-state index < -0.39 is 0 Å². The quantitative estimate of drug-likeness (QED) is 0.776. The number of carbonyl (C=O) groups is 1. The number of thioether (sulfide) groups is 1. The number of benzene rings is 1. The van der Waals surface area contributed by atoms with Crippen molar-refractivity contribution in [3.63, 3.8) is 0 Å². The second kappa shape index (κ2) is 7.53. The average molecular weight is 361 g/mol. The van der Waals surface area contributed by atoms with E-state index in [4.69, 9.17) is 4.74 Å². The van der Waals surface area contributed by atoms with E-state index in [9.17, 15) is 4.79 Å². The lowest BCUT2D eigenvalue weighted by molar-refractivity contribution is -0.140. The molecule has 0 bridgehead atoms. The second-order valence-corrected chi connectivity index (χ2v) is 7.45. The Hall–Kier alpha value is -1.93. The lowest BCUT2D eigenvalue weighted by Gasteiger charge is -2.35. The van der Waals surface area contributed by atoms with Crippen LogP contribution in [-0.4, -0.2) is 62.1 Å². The first-order chi connectivity index (χ1) is 11.9. The summed E-state index contributed by atoms with van der Waals surface area (Å²) in [6.45, 7) is 9.32. The topological polar surface area (TPSA) is 73.1 Å². The highest BCUT2D eigenvalue weighted by molar-refractivity contribution is 7.99. The maximum atomic E-state index is 12.5. The van der Waals surface area contributed by atoms with Crippen LogP contribution in [0.15, 0.2) is 23.4 Å². The van der Waals surface area contributed by atoms with Crippen LogP contribution in [0.3, 0.4) is 0 Å². The SMILES string of the molecule is Cc1ccc(-n2nnnc2SCC(=O)N2C[C@H](C)O[C@@H](C)C2)c(C)c1. The summed E-state index contributed by atoms with van der Waals surface area (Å²) in [6.07, 6.45) is 0.136. The number of nitrogens with zero attached hydrogens (tertiary/aromatic N) is 5. The third kappa shape index (κ3) is 4.19. The minimum atomic E-state index is 0.0678. The standard InChI is InChI=1S/C17H23N5O2S/c1-11-5-6-15(12(2)7-11)22-17(18-19-20-22)25-10-16(23)21-8-13(3)24-14(4)9-21/h5-7,13-14H,8-10H2,1-4H3/t13-,14-/m0/s1. The number of aromatic nitrogens is 4. The van der Waals surface area contributed by atoms with Crippen LogP contribution in [-0.2, 0) is 9.53 Å². The minimum absolute atomic E-state index is 0.0678. The number of rotatable bonds is 4. The first-order valence-electron chi connectivity index (χ1n) is 8.36. The first kappa shape index (κ1) is 17.9. The molecule has 1 aliphatic rings. The van der Waals surface area contributed by atoms with Gasteiger partial charge in [0, 0.05) is 13.1 Å². The molecule has 1 amide bonds. The number of morpholine rings is 1. The first-order valence-corrected chi connectivity index (χ1v) is 9.34. The third-order valence-corrected chi connectivity index (χ3v) is 5.02. The highest BCUT2D eigenvalue weighted by Crippen LogP contribution is 2.22. The Morgan fingerprint density at radius 1 is 1.28 bits per heavy atom. The molecule has 2 aromatic rings. The van der Waals surface area contributed by atoms with Crippen molar-refractivity contribution < 1.29 is 9.53 Å². The summed E-state index contributed by atoms with van der Waals surface area (Å²) < 4.78 is 7.37. The van der Waals surface area contributed by atoms with Gasteiger partial charge in [-0.15, -0.1) is 5.10 Å². The lowest BCUT2D eigenvalue weighted by atomic mass is 10.1. The molecule has 134 valence electrons. The molecule has 25 heavy (non-hydrogen) atoms. The number of tetrazole rings is 1. The van der Waals surface area contributed by atoms with E-state index in [1.807, 2.05) is 37.8 Å². The van der Waals surface area contributed by atoms with Crippen molar-refractivity contribution >= 4 is 17.7 Å². The molecule has 0 aliphatic carbocycles. The molecular weight excluding hydrogens is 338 g/mol. The third-order valence-electron chi connectivity index (χ3n) is 4.12. The van der Waals surface area contributed by atoms with Crippen LogP contribution in [0.5, 0.6) is 0 Å². The Balaban J connectivity index is 1.68. The van der Waals surface area contributed by atoms with Gasteiger partial charge >= 0.3 is 0 Å². The van der Waals surface area contributed by atoms with Crippen molar-refractivity contribution in [3.8, 4) is 5.69 Å². The van der Waals surface area contributed by atoms with Gasteiger partial charge in [0.15, 0.2) is 0 Å². The Morgan fingerprint density at radius 3 is 2.68 bits per heavy atom. The zero-order chi connectivity index (χ0) is 18.0. The molecule has 1 aromatic heterocycles. The maximum Gasteiger partial charge on any atom is 0.233 e. The molecule has 3 rings (SSSR count). The Labute approximate surface area is 151 Å². The van der Waals surface area contributed by atoms with Crippen LogP contribution >= 0.6 is 11.8 Å². The molecule has 0 unspecified atom stereocenters. The number of carbonyl (C=O) groups excluding carboxylic acids is 1. The van der Waals surface area contributed by atoms with Crippen molar-refractivity contribution in [2.75, 3.05) is 18.8 Å². The van der Waals surface area contributed by atoms with Gasteiger partial charge in [0.05, 0.1) is 23.6 Å². The van der Waals surface area contributed by atoms with Gasteiger partial charge < -0.3 is 9.64 Å². The highest BCUT2D eigenvalue weighted by Gasteiger charge is 2.26. The van der Waals surface area contributed by atoms with Crippen LogP contribution in [0.4, 0.5) is 0 Å². The predicted molar refractivity (Wildman–Crippen MR) is 95.9 cm³/mol. The van der Waals surface area contributed by atoms with Crippen molar-refractivity contribution in [3.05, 3.63) is 29.3 Å². The van der Waals surface area contributed by atoms with Gasteiger partial charge in [-0.3, -0.25) is 4.79 Å². The van der Waals surface area contributed by atoms with Crippen molar-refractivity contribution in [1.82, 2.24) is 25.1 Å². The van der Waals surface area contributed by atoms with Crippen molar-refractivity contribution in [2.24, 2.45) is 0 Å². The Bertz CT molecular complexity index is 753. The fourth-order valence-electron chi connectivity index (χ4n) is 3.06. The fraction of sp³-hybridized carbons (Fsp3) is 0.529. The summed E-state index contributed by atoms with van der Waals surface area (Å²) in [7, 11) is 0. The Morgan fingerprint density at radius 2 is 2.00 bits per heavy atom. The molecule has 0 radical (unpaired) electrons. The largest absolute Gasteiger partial charge is 0.372 e. The molecule has 7 nitrogen and oxygen atoms in total. The molecule has 2 heterocycles. The summed E-state index contributed by atoms with van der Waals surface area (Å²) in [4.78, 5) is 14.4. The monoisotopic (exact) mass is 361 g/mol. The van der Waals surface area contributed by atoms with E-state index in [1.165, 1.54) is 17.3 Å². The molecule has 1 saturated heterocycles. The van der Waals surface area contributed by atoms with E-state index in [2.05, 4.69) is 28.5 Å². The summed E-state index contributed by atoms with van der Waals surface area (Å²) >= 11 is 1.36. The molecule has 0 N–H and O–H groups in total. The highest BCUT2D eigenvalue weighted by atomic mass is 32.2. The van der Waals surface area contributed by atoms with Crippen LogP contribution in [0, 0.1) is 13.8 Å². The van der Waals surface area contributed by atoms with Gasteiger partial charge in [0.2, 0.25) is 11.1 Å². The molecular formula is C17H23N5O2S. The molecule has 0 saturated carbocycles. The molecule has 1 aliphatic heterocycles. The maximum absolute atomic E-state index is 12.5. The lowest BCUT2D eigenvalue weighted by Crippen LogP contribution is -2.48. The van der Waals surface area contributed by atoms with Gasteiger partial charge in [0.25, 0.3) is 0 Å². The fourth-order valence-corrected chi connectivity index (χ4v) is 3.85. The van der Waals surface area contributed by atoms with Crippen LogP contribution in [0.1, 0.15) is 25.0 Å². The van der Waals surface area contributed by atoms with E-state index in [-0.39, 0.29) is 18.1 Å². The smallest absolute Gasteiger partial charge is 0.233 e. The predicted octanol–water partition coefficient (Wildman–Crippen LogP) is 2.01. The van der Waals surface area contributed by atoms with Gasteiger partial charge in [-0.05, 0) is 49.8 Å². The molecule has 0 spiro atoms. The number of hydrogen-bond acceptors (Lipinski definition) is 6. The van der Waals surface area contributed by atoms with E-state index in [1.54, 1.807) is 4.68 Å². The Kier molecular flexibility index (Phi) is 5.39. The minimum Gasteiger partial charge on any atom is -0.372 e. The summed E-state index contributed by atoms with van der Waals surface area (Å²) in [5.41, 5.74) is 3.21. The van der Waals surface area contributed by atoms with E-state index in [0.29, 0.717) is 24.0 Å². The number of amides is 1. The van der Waals surface area contributed by atoms with Crippen LogP contribution in [0.2, 0.25) is 0 Å². The summed E-state index contributed by atoms with van der Waals surface area (Å²) in [6, 6.07) is 6.12. The van der Waals surface area contributed by atoms with Crippen LogP contribution in [0.25, 0.3) is 5.69 Å². The molecule has 1 fully saturated rings. The van der Waals surface area contributed by atoms with Crippen molar-refractivity contribution in [1.29, 1.82) is 0 Å². The average Bonchev–Trinajstić information content (AvgIpc) is 3.00. The normalized spacial score (nSPS) is 20.7. The number of hydrogen-bond donors (Lipinski definition) is 0. The summed E-state index contributed by atoms with van der Waals surface area (Å²) in [5.74, 6) is 0.396. The number of aryl methyl sites for hydroxylation is 2. The number of ether oxygens (including phenoxy) is 1. The van der Waals surface area contributed by atoms with Crippen molar-refractivity contribution in [2.45, 2.75) is 45.1 Å². The van der Waals surface area contributed by atoms with Crippen LogP contribution < -0.4 is 0 Å². The van der Waals surface area contributed by atoms with E-state index >= 15 is 0 Å². The zero-order valence-electron chi connectivity index (χ0n) is 15.0. The summed E-state index contributed by atoms with van der Waals surface area (Å²) in [5, 5.41) is 12.5. The second-order valence-electron chi connectivity index (χ2n) is 6.51.